The maximum Gasteiger partial charge on any atom is 0.322 e. The molecule has 0 heterocycles. The first-order valence-electron chi connectivity index (χ1n) is 10.0. The predicted octanol–water partition coefficient (Wildman–Crippen LogP) is 3.39. The highest BCUT2D eigenvalue weighted by Gasteiger charge is 2.28. The number of carboxylic acid groups (broad SMARTS) is 1. The molecular formula is C23H17BrF3N3O5S. The van der Waals surface area contributed by atoms with Gasteiger partial charge in [0.15, 0.2) is 0 Å². The number of rotatable bonds is 8. The first kappa shape index (κ1) is 27.0. The SMILES string of the molecule is NC(=NC(=O)c1ccc(F)cc1)c1ccc(CC(NS(=O)(=O)c2ccc(Br)cc2F)C(=O)O)cc1F. The fraction of sp³-hybridized carbons (Fsp3) is 0.0870. The minimum absolute atomic E-state index is 0.0233. The zero-order valence-corrected chi connectivity index (χ0v) is 20.5. The van der Waals surface area contributed by atoms with Gasteiger partial charge < -0.3 is 10.8 Å². The second kappa shape index (κ2) is 11.0. The van der Waals surface area contributed by atoms with E-state index in [2.05, 4.69) is 20.9 Å². The van der Waals surface area contributed by atoms with Crippen molar-refractivity contribution in [3.63, 3.8) is 0 Å². The van der Waals surface area contributed by atoms with Crippen LogP contribution in [0, 0.1) is 17.5 Å². The molecule has 3 rings (SSSR count). The number of halogens is 4. The third-order valence-corrected chi connectivity index (χ3v) is 6.84. The standard InChI is InChI=1S/C23H17BrF3N3O5S/c24-14-4-8-20(18(27)11-14)36(34,35)30-19(23(32)33)10-12-1-7-16(17(26)9-12)21(28)29-22(31)13-2-5-15(25)6-3-13/h1-9,11,19,30H,10H2,(H,32,33)(H2,28,29,31). The van der Waals surface area contributed by atoms with E-state index < -0.39 is 62.5 Å². The molecule has 13 heteroatoms. The lowest BCUT2D eigenvalue weighted by Gasteiger charge is -2.16. The van der Waals surface area contributed by atoms with E-state index in [4.69, 9.17) is 5.73 Å². The van der Waals surface area contributed by atoms with E-state index in [9.17, 15) is 36.3 Å². The number of aliphatic carboxylic acids is 1. The van der Waals surface area contributed by atoms with Crippen molar-refractivity contribution in [3.05, 3.63) is 99.3 Å². The van der Waals surface area contributed by atoms with Gasteiger partial charge in [-0.2, -0.15) is 9.71 Å². The van der Waals surface area contributed by atoms with Gasteiger partial charge in [-0.1, -0.05) is 22.0 Å². The Morgan fingerprint density at radius 3 is 2.25 bits per heavy atom. The zero-order valence-electron chi connectivity index (χ0n) is 18.1. The van der Waals surface area contributed by atoms with Crippen molar-refractivity contribution >= 4 is 43.7 Å². The summed E-state index contributed by atoms with van der Waals surface area (Å²) in [7, 11) is -4.57. The second-order valence-electron chi connectivity index (χ2n) is 7.41. The summed E-state index contributed by atoms with van der Waals surface area (Å²) in [5.41, 5.74) is 5.55. The molecule has 0 saturated carbocycles. The van der Waals surface area contributed by atoms with Gasteiger partial charge in [-0.25, -0.2) is 21.6 Å². The van der Waals surface area contributed by atoms with Gasteiger partial charge in [-0.05, 0) is 66.6 Å². The van der Waals surface area contributed by atoms with Crippen LogP contribution in [0.5, 0.6) is 0 Å². The summed E-state index contributed by atoms with van der Waals surface area (Å²) in [6, 6.07) is 9.17. The molecule has 0 bridgehead atoms. The molecule has 0 radical (unpaired) electrons. The van der Waals surface area contributed by atoms with Crippen molar-refractivity contribution in [2.75, 3.05) is 0 Å². The van der Waals surface area contributed by atoms with Crippen molar-refractivity contribution in [2.45, 2.75) is 17.4 Å². The van der Waals surface area contributed by atoms with Crippen LogP contribution >= 0.6 is 15.9 Å². The molecule has 0 spiro atoms. The fourth-order valence-electron chi connectivity index (χ4n) is 3.08. The molecular weight excluding hydrogens is 567 g/mol. The molecule has 0 saturated heterocycles. The molecule has 4 N–H and O–H groups in total. The number of hydrogen-bond donors (Lipinski definition) is 3. The molecule has 0 aliphatic carbocycles. The van der Waals surface area contributed by atoms with Gasteiger partial charge in [0.1, 0.15) is 34.2 Å². The van der Waals surface area contributed by atoms with Gasteiger partial charge in [-0.15, -0.1) is 0 Å². The number of hydrogen-bond acceptors (Lipinski definition) is 4. The van der Waals surface area contributed by atoms with Gasteiger partial charge in [-0.3, -0.25) is 9.59 Å². The normalized spacial score (nSPS) is 12.8. The number of nitrogens with one attached hydrogen (secondary N) is 1. The maximum atomic E-state index is 14.7. The van der Waals surface area contributed by atoms with Crippen LogP contribution in [-0.2, 0) is 21.2 Å². The predicted molar refractivity (Wildman–Crippen MR) is 127 cm³/mol. The molecule has 8 nitrogen and oxygen atoms in total. The Balaban J connectivity index is 1.80. The Hall–Kier alpha value is -3.55. The number of carboxylic acids is 1. The molecule has 0 aliphatic heterocycles. The van der Waals surface area contributed by atoms with Crippen LogP contribution in [0.2, 0.25) is 0 Å². The molecule has 3 aromatic rings. The summed E-state index contributed by atoms with van der Waals surface area (Å²) in [5.74, 6) is -5.50. The van der Waals surface area contributed by atoms with E-state index in [1.54, 1.807) is 0 Å². The van der Waals surface area contributed by atoms with Gasteiger partial charge >= 0.3 is 5.97 Å². The van der Waals surface area contributed by atoms with E-state index in [0.29, 0.717) is 0 Å². The van der Waals surface area contributed by atoms with Crippen molar-refractivity contribution in [1.82, 2.24) is 4.72 Å². The highest BCUT2D eigenvalue weighted by molar-refractivity contribution is 9.10. The van der Waals surface area contributed by atoms with Crippen LogP contribution in [-0.4, -0.2) is 37.3 Å². The first-order valence-corrected chi connectivity index (χ1v) is 12.3. The van der Waals surface area contributed by atoms with E-state index in [1.807, 2.05) is 4.72 Å². The van der Waals surface area contributed by atoms with Gasteiger partial charge in [0.2, 0.25) is 10.0 Å². The fourth-order valence-corrected chi connectivity index (χ4v) is 4.66. The lowest BCUT2D eigenvalue weighted by Crippen LogP contribution is -2.42. The van der Waals surface area contributed by atoms with Gasteiger partial charge in [0.25, 0.3) is 5.91 Å². The van der Waals surface area contributed by atoms with Crippen LogP contribution in [0.15, 0.2) is 75.0 Å². The minimum Gasteiger partial charge on any atom is -0.480 e. The molecule has 3 aromatic carbocycles. The molecule has 1 atom stereocenters. The second-order valence-corrected chi connectivity index (χ2v) is 10.0. The van der Waals surface area contributed by atoms with Crippen molar-refractivity contribution in [3.8, 4) is 0 Å². The highest BCUT2D eigenvalue weighted by atomic mass is 79.9. The average Bonchev–Trinajstić information content (AvgIpc) is 2.78. The van der Waals surface area contributed by atoms with E-state index in [0.717, 1.165) is 36.4 Å². The Bertz CT molecular complexity index is 1460. The Labute approximate surface area is 211 Å². The van der Waals surface area contributed by atoms with Crippen LogP contribution in [0.1, 0.15) is 21.5 Å². The molecule has 0 aromatic heterocycles. The molecule has 188 valence electrons. The highest BCUT2D eigenvalue weighted by Crippen LogP contribution is 2.20. The molecule has 0 aliphatic rings. The molecule has 36 heavy (non-hydrogen) atoms. The summed E-state index contributed by atoms with van der Waals surface area (Å²) < 4.78 is 69.0. The van der Waals surface area contributed by atoms with E-state index in [1.165, 1.54) is 24.3 Å². The van der Waals surface area contributed by atoms with Crippen LogP contribution in [0.25, 0.3) is 0 Å². The van der Waals surface area contributed by atoms with Crippen LogP contribution < -0.4 is 10.5 Å². The number of nitrogens with zero attached hydrogens (tertiary/aromatic N) is 1. The van der Waals surface area contributed by atoms with E-state index >= 15 is 0 Å². The van der Waals surface area contributed by atoms with Crippen LogP contribution in [0.4, 0.5) is 13.2 Å². The van der Waals surface area contributed by atoms with Crippen molar-refractivity contribution in [2.24, 2.45) is 10.7 Å². The lowest BCUT2D eigenvalue weighted by molar-refractivity contribution is -0.138. The number of amidine groups is 1. The average molecular weight is 584 g/mol. The van der Waals surface area contributed by atoms with Gasteiger partial charge in [0, 0.05) is 10.0 Å². The van der Waals surface area contributed by atoms with Crippen molar-refractivity contribution < 1.29 is 36.3 Å². The molecule has 1 amide bonds. The smallest absolute Gasteiger partial charge is 0.322 e. The number of benzene rings is 3. The minimum atomic E-state index is -4.57. The van der Waals surface area contributed by atoms with Gasteiger partial charge in [0.05, 0.1) is 5.56 Å². The number of carbonyl (C=O) groups is 2. The Morgan fingerprint density at radius 2 is 1.67 bits per heavy atom. The molecule has 1 unspecified atom stereocenters. The topological polar surface area (TPSA) is 139 Å². The molecule has 0 fully saturated rings. The summed E-state index contributed by atoms with van der Waals surface area (Å²) in [5, 5.41) is 9.47. The largest absolute Gasteiger partial charge is 0.480 e. The maximum absolute atomic E-state index is 14.7. The monoisotopic (exact) mass is 583 g/mol. The summed E-state index contributed by atoms with van der Waals surface area (Å²) in [6.07, 6.45) is -0.491. The number of sulfonamides is 1. The quantitative estimate of drug-likeness (QED) is 0.274. The third kappa shape index (κ3) is 6.56. The third-order valence-electron chi connectivity index (χ3n) is 4.84. The summed E-state index contributed by atoms with van der Waals surface area (Å²) >= 11 is 3.00. The van der Waals surface area contributed by atoms with Crippen molar-refractivity contribution in [1.29, 1.82) is 0 Å². The Kier molecular flexibility index (Phi) is 8.28. The Morgan fingerprint density at radius 1 is 1.00 bits per heavy atom. The van der Waals surface area contributed by atoms with E-state index in [-0.39, 0.29) is 21.2 Å². The number of amides is 1. The number of carbonyl (C=O) groups excluding carboxylic acids is 1. The lowest BCUT2D eigenvalue weighted by atomic mass is 10.0. The number of nitrogens with two attached hydrogens (primary N) is 1. The first-order chi connectivity index (χ1) is 16.9. The zero-order chi connectivity index (χ0) is 26.6. The summed E-state index contributed by atoms with van der Waals surface area (Å²) in [6.45, 7) is 0. The van der Waals surface area contributed by atoms with Crippen LogP contribution in [0.3, 0.4) is 0 Å². The number of aliphatic imine (C=N–C) groups is 1. The summed E-state index contributed by atoms with van der Waals surface area (Å²) in [4.78, 5) is 26.7.